The molecule has 224 valence electrons. The highest BCUT2D eigenvalue weighted by molar-refractivity contribution is 7.92. The number of anilines is 1. The minimum absolute atomic E-state index is 0.0532. The van der Waals surface area contributed by atoms with Crippen molar-refractivity contribution in [2.45, 2.75) is 31.3 Å². The zero-order valence-electron chi connectivity index (χ0n) is 22.9. The van der Waals surface area contributed by atoms with E-state index in [0.717, 1.165) is 15.3 Å². The van der Waals surface area contributed by atoms with Gasteiger partial charge >= 0.3 is 0 Å². The highest BCUT2D eigenvalue weighted by Crippen LogP contribution is 2.36. The van der Waals surface area contributed by atoms with Gasteiger partial charge in [-0.05, 0) is 50.2 Å². The molecule has 1 atom stereocenters. The van der Waals surface area contributed by atoms with Crippen LogP contribution in [0.15, 0.2) is 59.5 Å². The third-order valence-electron chi connectivity index (χ3n) is 6.46. The molecule has 0 spiro atoms. The number of methoxy groups -OCH3 is 1. The number of ether oxygens (including phenoxy) is 1. The Morgan fingerprint density at radius 1 is 1.07 bits per heavy atom. The number of benzene rings is 3. The van der Waals surface area contributed by atoms with E-state index in [-0.39, 0.29) is 38.6 Å². The first-order chi connectivity index (χ1) is 19.7. The summed E-state index contributed by atoms with van der Waals surface area (Å²) in [5.41, 5.74) is 0.0477. The molecule has 0 saturated carbocycles. The van der Waals surface area contributed by atoms with Gasteiger partial charge in [-0.2, -0.15) is 0 Å². The van der Waals surface area contributed by atoms with E-state index in [9.17, 15) is 28.1 Å². The van der Waals surface area contributed by atoms with E-state index < -0.39 is 49.9 Å². The van der Waals surface area contributed by atoms with Crippen LogP contribution in [0.5, 0.6) is 5.75 Å². The Bertz CT molecular complexity index is 1620. The Labute approximate surface area is 258 Å². The fourth-order valence-electron chi connectivity index (χ4n) is 4.09. The molecule has 1 unspecified atom stereocenters. The maximum Gasteiger partial charge on any atom is 0.273 e. The Morgan fingerprint density at radius 3 is 2.29 bits per heavy atom. The lowest BCUT2D eigenvalue weighted by atomic mass is 10.1. The van der Waals surface area contributed by atoms with Crippen LogP contribution in [0.25, 0.3) is 0 Å². The Kier molecular flexibility index (Phi) is 10.7. The molecule has 0 aliphatic carbocycles. The summed E-state index contributed by atoms with van der Waals surface area (Å²) in [5.74, 6) is -1.29. The minimum Gasteiger partial charge on any atom is -0.495 e. The number of likely N-dealkylation sites (N-methyl/N-ethyl adjacent to an activating group) is 1. The number of carbonyl (C=O) groups is 2. The van der Waals surface area contributed by atoms with Gasteiger partial charge in [0.25, 0.3) is 15.7 Å². The zero-order valence-corrected chi connectivity index (χ0v) is 26.0. The van der Waals surface area contributed by atoms with Gasteiger partial charge in [-0.3, -0.25) is 24.0 Å². The van der Waals surface area contributed by atoms with Crippen molar-refractivity contribution in [3.8, 4) is 5.75 Å². The molecule has 11 nitrogen and oxygen atoms in total. The monoisotopic (exact) mass is 656 g/mol. The van der Waals surface area contributed by atoms with Gasteiger partial charge in [0, 0.05) is 45.9 Å². The number of sulfonamides is 1. The lowest BCUT2D eigenvalue weighted by Gasteiger charge is -2.32. The molecule has 15 heteroatoms. The second-order valence-corrected chi connectivity index (χ2v) is 12.2. The molecule has 1 N–H and O–H groups in total. The quantitative estimate of drug-likeness (QED) is 0.220. The molecule has 42 heavy (non-hydrogen) atoms. The van der Waals surface area contributed by atoms with Crippen LogP contribution in [0.2, 0.25) is 15.1 Å². The number of nitro benzene ring substituents is 1. The van der Waals surface area contributed by atoms with Crippen LogP contribution in [-0.4, -0.2) is 56.8 Å². The summed E-state index contributed by atoms with van der Waals surface area (Å²) in [7, 11) is -1.96. The van der Waals surface area contributed by atoms with Crippen molar-refractivity contribution in [1.82, 2.24) is 10.2 Å². The summed E-state index contributed by atoms with van der Waals surface area (Å²) >= 11 is 18.9. The van der Waals surface area contributed by atoms with Crippen LogP contribution in [-0.2, 0) is 26.2 Å². The van der Waals surface area contributed by atoms with Crippen molar-refractivity contribution in [2.75, 3.05) is 25.0 Å². The summed E-state index contributed by atoms with van der Waals surface area (Å²) < 4.78 is 34.3. The number of hydrogen-bond acceptors (Lipinski definition) is 7. The van der Waals surface area contributed by atoms with Crippen LogP contribution in [0.4, 0.5) is 11.4 Å². The van der Waals surface area contributed by atoms with Gasteiger partial charge in [-0.25, -0.2) is 8.42 Å². The fraction of sp³-hybridized carbons (Fsp3) is 0.259. The Balaban J connectivity index is 2.20. The van der Waals surface area contributed by atoms with E-state index in [1.807, 2.05) is 0 Å². The largest absolute Gasteiger partial charge is 0.495 e. The van der Waals surface area contributed by atoms with Crippen molar-refractivity contribution in [3.63, 3.8) is 0 Å². The molecule has 3 aromatic carbocycles. The molecule has 0 aliphatic heterocycles. The van der Waals surface area contributed by atoms with Gasteiger partial charge < -0.3 is 15.0 Å². The van der Waals surface area contributed by atoms with Crippen molar-refractivity contribution in [1.29, 1.82) is 0 Å². The summed E-state index contributed by atoms with van der Waals surface area (Å²) in [4.78, 5) is 38.2. The predicted octanol–water partition coefficient (Wildman–Crippen LogP) is 5.23. The highest BCUT2D eigenvalue weighted by Gasteiger charge is 2.35. The molecule has 3 rings (SSSR count). The number of nitrogens with zero attached hydrogens (tertiary/aromatic N) is 3. The number of amides is 2. The third kappa shape index (κ3) is 7.06. The average Bonchev–Trinajstić information content (AvgIpc) is 2.94. The smallest absolute Gasteiger partial charge is 0.273 e. The molecule has 0 aliphatic rings. The Morgan fingerprint density at radius 2 is 1.71 bits per heavy atom. The number of halogens is 3. The summed E-state index contributed by atoms with van der Waals surface area (Å²) in [5, 5.41) is 14.7. The van der Waals surface area contributed by atoms with E-state index in [0.29, 0.717) is 5.56 Å². The number of rotatable bonds is 11. The van der Waals surface area contributed by atoms with Gasteiger partial charge in [0.2, 0.25) is 11.8 Å². The molecule has 2 amide bonds. The molecular formula is C27H27Cl3N4O7S. The average molecular weight is 658 g/mol. The molecule has 0 saturated heterocycles. The molecular weight excluding hydrogens is 631 g/mol. The summed E-state index contributed by atoms with van der Waals surface area (Å²) in [6, 6.07) is 11.2. The normalized spacial score (nSPS) is 11.9. The summed E-state index contributed by atoms with van der Waals surface area (Å²) in [6.45, 7) is 1.85. The fourth-order valence-corrected chi connectivity index (χ4v) is 6.21. The third-order valence-corrected chi connectivity index (χ3v) is 9.16. The molecule has 0 heterocycles. The topological polar surface area (TPSA) is 139 Å². The van der Waals surface area contributed by atoms with Crippen molar-refractivity contribution < 1.29 is 27.7 Å². The minimum atomic E-state index is -4.66. The maximum absolute atomic E-state index is 14.1. The van der Waals surface area contributed by atoms with Crippen molar-refractivity contribution >= 4 is 68.0 Å². The van der Waals surface area contributed by atoms with Crippen molar-refractivity contribution in [3.05, 3.63) is 90.9 Å². The molecule has 0 fully saturated rings. The number of nitro groups is 1. The van der Waals surface area contributed by atoms with E-state index in [1.54, 1.807) is 18.2 Å². The number of aryl methyl sites for hydroxylation is 1. The van der Waals surface area contributed by atoms with Gasteiger partial charge in [0.05, 0.1) is 22.6 Å². The number of carbonyl (C=O) groups excluding carboxylic acids is 2. The first-order valence-electron chi connectivity index (χ1n) is 12.3. The number of nitrogens with one attached hydrogen (secondary N) is 1. The van der Waals surface area contributed by atoms with Crippen LogP contribution < -0.4 is 14.4 Å². The van der Waals surface area contributed by atoms with E-state index in [1.165, 1.54) is 58.3 Å². The lowest BCUT2D eigenvalue weighted by Crippen LogP contribution is -2.50. The van der Waals surface area contributed by atoms with Gasteiger partial charge in [0.15, 0.2) is 0 Å². The van der Waals surface area contributed by atoms with Crippen molar-refractivity contribution in [2.24, 2.45) is 0 Å². The molecule has 3 aromatic rings. The van der Waals surface area contributed by atoms with Crippen LogP contribution >= 0.6 is 34.8 Å². The molecule has 0 bridgehead atoms. The van der Waals surface area contributed by atoms with Gasteiger partial charge in [-0.1, -0.05) is 46.9 Å². The van der Waals surface area contributed by atoms with Crippen LogP contribution in [0, 0.1) is 17.0 Å². The first kappa shape index (κ1) is 32.9. The van der Waals surface area contributed by atoms with E-state index in [4.69, 9.17) is 39.5 Å². The summed E-state index contributed by atoms with van der Waals surface area (Å²) in [6.07, 6.45) is 0. The zero-order chi connectivity index (χ0) is 31.4. The molecule has 0 radical (unpaired) electrons. The maximum atomic E-state index is 14.1. The van der Waals surface area contributed by atoms with E-state index in [2.05, 4.69) is 5.32 Å². The SMILES string of the molecule is CNC(=O)C(C)N(Cc1c(Cl)cccc1Cl)C(=O)CN(c1cc(Cl)ccc1OC)S(=O)(=O)c1ccc(C)c([N+](=O)[O-])c1. The second-order valence-electron chi connectivity index (χ2n) is 9.05. The lowest BCUT2D eigenvalue weighted by molar-refractivity contribution is -0.385. The second kappa shape index (κ2) is 13.6. The van der Waals surface area contributed by atoms with Crippen LogP contribution in [0.3, 0.4) is 0 Å². The number of hydrogen-bond donors (Lipinski definition) is 1. The Hall–Kier alpha value is -3.58. The highest BCUT2D eigenvalue weighted by atomic mass is 35.5. The van der Waals surface area contributed by atoms with Gasteiger partial charge in [0.1, 0.15) is 18.3 Å². The van der Waals surface area contributed by atoms with Gasteiger partial charge in [-0.15, -0.1) is 0 Å². The standard InChI is InChI=1S/C27H27Cl3N4O7S/c1-16-8-10-19(13-23(16)34(37)38)42(39,40)33(24-12-18(28)9-11-25(24)41-4)15-26(35)32(17(2)27(36)31-3)14-20-21(29)6-5-7-22(20)30/h5-13,17H,14-15H2,1-4H3,(H,31,36). The van der Waals surface area contributed by atoms with E-state index >= 15 is 0 Å². The molecule has 0 aromatic heterocycles. The van der Waals surface area contributed by atoms with Crippen LogP contribution in [0.1, 0.15) is 18.1 Å². The first-order valence-corrected chi connectivity index (χ1v) is 14.9. The predicted molar refractivity (Wildman–Crippen MR) is 161 cm³/mol.